The van der Waals surface area contributed by atoms with E-state index in [1.165, 1.54) is 13.8 Å². The van der Waals surface area contributed by atoms with E-state index in [0.717, 1.165) is 39.5 Å². The van der Waals surface area contributed by atoms with Gasteiger partial charge in [-0.1, -0.05) is 90.4 Å². The first-order valence-corrected chi connectivity index (χ1v) is 34.7. The summed E-state index contributed by atoms with van der Waals surface area (Å²) in [5, 5.41) is 52.7. The van der Waals surface area contributed by atoms with Crippen molar-refractivity contribution in [2.75, 3.05) is 24.2 Å². The molecule has 8 atom stereocenters. The largest absolute Gasteiger partial charge is 0.481 e. The second-order valence-corrected chi connectivity index (χ2v) is 27.4. The second kappa shape index (κ2) is 40.2. The van der Waals surface area contributed by atoms with Crippen molar-refractivity contribution in [3.05, 3.63) is 98.4 Å². The molecule has 10 amide bonds. The highest BCUT2D eigenvalue weighted by atomic mass is 79.9. The molecule has 2 fully saturated rings. The van der Waals surface area contributed by atoms with Crippen LogP contribution in [0.3, 0.4) is 0 Å². The zero-order valence-electron chi connectivity index (χ0n) is 54.3. The molecule has 1 heterocycles. The number of hydrogen-bond acceptors (Lipinski definition) is 17. The second-order valence-electron chi connectivity index (χ2n) is 24.4. The number of aliphatic carboxylic acids is 2. The van der Waals surface area contributed by atoms with Crippen LogP contribution in [-0.4, -0.2) is 176 Å². The zero-order chi connectivity index (χ0) is 70.6. The van der Waals surface area contributed by atoms with Crippen molar-refractivity contribution in [1.29, 1.82) is 0 Å². The van der Waals surface area contributed by atoms with Crippen molar-refractivity contribution < 1.29 is 77.6 Å². The number of carboxylic acid groups (broad SMARTS) is 2. The third-order valence-electron chi connectivity index (χ3n) is 16.0. The van der Waals surface area contributed by atoms with Crippen molar-refractivity contribution >= 4 is 126 Å². The number of halogens is 2. The first kappa shape index (κ1) is 79.1. The van der Waals surface area contributed by atoms with Gasteiger partial charge in [0.1, 0.15) is 36.3 Å². The number of benzene rings is 3. The van der Waals surface area contributed by atoms with Gasteiger partial charge in [-0.25, -0.2) is 0 Å². The number of likely N-dealkylation sites (tertiary alicyclic amines) is 1. The van der Waals surface area contributed by atoms with Gasteiger partial charge in [-0.05, 0) is 128 Å². The number of carboxylic acids is 2. The van der Waals surface area contributed by atoms with Gasteiger partial charge in [0.25, 0.3) is 0 Å². The number of aliphatic hydroxyl groups excluding tert-OH is 1. The van der Waals surface area contributed by atoms with Crippen molar-refractivity contribution in [3.8, 4) is 0 Å². The number of unbranched alkanes of at least 4 members (excludes halogenated alkanes) is 1. The standard InChI is InChI=1S/C66H89Br2N11O16S/c1-37(2)28-49(38(3)80)74-61(90)48(24-25-57(85)86)73-64(93)52(33-58(87)88)77-60(89)47(18-11-12-26-69)72-62(91)50(29-40-14-7-5-8-15-40)75-63(92)51(30-41-16-9-6-10-17-41)76-65(94)53(71-39(4)81)36-96-54-34-56(84)79(66(54)95)27-13-19-55(83)78-59-42(31-43(67)32-46(59)68)35-70-44-20-22-45(82)23-21-44/h5-10,14-17,31-32,37,44-45,47-54,70,82H,11-13,18-30,33-36,69H2,1-4H3,(H,71,81)(H,72,91)(H,73,93)(H,74,90)(H,75,92)(H,76,94)(H,77,89)(H,78,83)(H,85,86)(H,87,88)/t44-,45-,47?,48?,49?,50?,51?,52?,53?,54?. The Bertz CT molecular complexity index is 3220. The van der Waals surface area contributed by atoms with E-state index in [2.05, 4.69) is 79.7 Å². The molecule has 96 heavy (non-hydrogen) atoms. The summed E-state index contributed by atoms with van der Waals surface area (Å²) in [4.78, 5) is 176. The number of nitrogens with one attached hydrogen (secondary N) is 9. The summed E-state index contributed by atoms with van der Waals surface area (Å²) in [6.45, 7) is 6.58. The molecule has 1 aliphatic carbocycles. The van der Waals surface area contributed by atoms with Gasteiger partial charge in [0, 0.05) is 72.9 Å². The fraction of sp³-hybridized carbons (Fsp3) is 0.530. The summed E-state index contributed by atoms with van der Waals surface area (Å²) in [5.74, 6) is -11.5. The van der Waals surface area contributed by atoms with Crippen LogP contribution < -0.4 is 53.6 Å². The molecule has 8 unspecified atom stereocenters. The third kappa shape index (κ3) is 27.1. The summed E-state index contributed by atoms with van der Waals surface area (Å²) >= 11 is 8.02. The minimum Gasteiger partial charge on any atom is -0.481 e. The molecule has 5 rings (SSSR count). The molecule has 3 aromatic carbocycles. The number of hydrogen-bond donors (Lipinski definition) is 13. The SMILES string of the molecule is CC(=O)NC(CSC1CC(=O)N(CCCC(=O)Nc2c(Br)cc(Br)cc2CN[C@H]2CC[C@H](O)CC2)C1=O)C(=O)NC(Cc1ccccc1)C(=O)NC(Cc1ccccc1)C(=O)NC(CCCCN)C(=O)NC(CC(=O)O)C(=O)NC(CCC(=O)O)C(=O)NC(CC(C)C)C(C)=O. The third-order valence-corrected chi connectivity index (χ3v) is 18.4. The van der Waals surface area contributed by atoms with Crippen LogP contribution in [0.1, 0.15) is 134 Å². The van der Waals surface area contributed by atoms with Crippen LogP contribution in [0, 0.1) is 5.92 Å². The highest BCUT2D eigenvalue weighted by Gasteiger charge is 2.41. The highest BCUT2D eigenvalue weighted by molar-refractivity contribution is 9.11. The van der Waals surface area contributed by atoms with Crippen molar-refractivity contribution in [1.82, 2.24) is 47.4 Å². The Hall–Kier alpha value is -7.64. The van der Waals surface area contributed by atoms with Crippen molar-refractivity contribution in [2.45, 2.75) is 197 Å². The number of nitrogens with zero attached hydrogens (tertiary/aromatic N) is 1. The molecule has 524 valence electrons. The lowest BCUT2D eigenvalue weighted by Crippen LogP contribution is -2.60. The molecule has 3 aromatic rings. The molecule has 27 nitrogen and oxygen atoms in total. The molecule has 0 bridgehead atoms. The molecule has 1 saturated carbocycles. The zero-order valence-corrected chi connectivity index (χ0v) is 58.2. The molecular weight excluding hydrogens is 1390 g/mol. The fourth-order valence-corrected chi connectivity index (χ4v) is 13.5. The summed E-state index contributed by atoms with van der Waals surface area (Å²) in [5.41, 5.74) is 8.28. The molecule has 2 aliphatic rings. The Morgan fingerprint density at radius 3 is 1.68 bits per heavy atom. The lowest BCUT2D eigenvalue weighted by Gasteiger charge is -2.28. The number of amides is 10. The Morgan fingerprint density at radius 2 is 1.15 bits per heavy atom. The van der Waals surface area contributed by atoms with E-state index in [9.17, 15) is 77.6 Å². The van der Waals surface area contributed by atoms with E-state index >= 15 is 0 Å². The smallest absolute Gasteiger partial charge is 0.305 e. The highest BCUT2D eigenvalue weighted by Crippen LogP contribution is 2.32. The number of aliphatic hydroxyl groups is 1. The van der Waals surface area contributed by atoms with Crippen LogP contribution >= 0.6 is 43.6 Å². The number of imide groups is 1. The van der Waals surface area contributed by atoms with Gasteiger partial charge >= 0.3 is 11.9 Å². The van der Waals surface area contributed by atoms with Crippen LogP contribution in [0.2, 0.25) is 0 Å². The number of carbonyl (C=O) groups excluding carboxylic acids is 11. The van der Waals surface area contributed by atoms with E-state index in [0.29, 0.717) is 47.1 Å². The van der Waals surface area contributed by atoms with Crippen LogP contribution in [0.15, 0.2) is 81.7 Å². The lowest BCUT2D eigenvalue weighted by atomic mass is 9.93. The maximum atomic E-state index is 14.8. The Morgan fingerprint density at radius 1 is 0.625 bits per heavy atom. The van der Waals surface area contributed by atoms with Crippen LogP contribution in [-0.2, 0) is 81.7 Å². The monoisotopic (exact) mass is 1480 g/mol. The number of rotatable bonds is 40. The topological polar surface area (TPSA) is 420 Å². The number of thioether (sulfide) groups is 1. The van der Waals surface area contributed by atoms with Crippen molar-refractivity contribution in [2.24, 2.45) is 11.7 Å². The number of anilines is 1. The summed E-state index contributed by atoms with van der Waals surface area (Å²) in [6, 6.07) is 10.5. The average molecular weight is 1480 g/mol. The van der Waals surface area contributed by atoms with Crippen molar-refractivity contribution in [3.63, 3.8) is 0 Å². The molecule has 1 saturated heterocycles. The predicted octanol–water partition coefficient (Wildman–Crippen LogP) is 3.19. The molecule has 0 radical (unpaired) electrons. The predicted molar refractivity (Wildman–Crippen MR) is 364 cm³/mol. The van der Waals surface area contributed by atoms with E-state index in [1.807, 2.05) is 6.07 Å². The Balaban J connectivity index is 1.30. The fourth-order valence-electron chi connectivity index (χ4n) is 10.9. The van der Waals surface area contributed by atoms with E-state index in [4.69, 9.17) is 5.73 Å². The average Bonchev–Trinajstić information content (AvgIpc) is 1.11. The minimum atomic E-state index is -1.91. The van der Waals surface area contributed by atoms with Crippen LogP contribution in [0.25, 0.3) is 0 Å². The Kier molecular flexibility index (Phi) is 33.1. The molecule has 14 N–H and O–H groups in total. The van der Waals surface area contributed by atoms with Gasteiger partial charge < -0.3 is 68.9 Å². The molecule has 0 spiro atoms. The molecule has 0 aromatic heterocycles. The van der Waals surface area contributed by atoms with Gasteiger partial charge in [0.05, 0.1) is 29.5 Å². The first-order valence-electron chi connectivity index (χ1n) is 32.1. The molecule has 1 aliphatic heterocycles. The van der Waals surface area contributed by atoms with E-state index in [-0.39, 0.29) is 94.2 Å². The Labute approximate surface area is 578 Å². The van der Waals surface area contributed by atoms with Gasteiger partial charge in [0.15, 0.2) is 5.78 Å². The number of ketones is 1. The quantitative estimate of drug-likeness (QED) is 0.0287. The minimum absolute atomic E-state index is 0.0349. The number of Topliss-reactive ketones (excluding diaryl/α,β-unsaturated/α-hetero) is 1. The van der Waals surface area contributed by atoms with E-state index < -0.39 is 138 Å². The summed E-state index contributed by atoms with van der Waals surface area (Å²) < 4.78 is 1.44. The van der Waals surface area contributed by atoms with Gasteiger partial charge in [-0.3, -0.25) is 67.2 Å². The molecule has 30 heteroatoms. The van der Waals surface area contributed by atoms with E-state index in [1.54, 1.807) is 80.6 Å². The van der Waals surface area contributed by atoms with Crippen LogP contribution in [0.4, 0.5) is 5.69 Å². The van der Waals surface area contributed by atoms with Gasteiger partial charge in [-0.2, -0.15) is 0 Å². The molecular formula is C66H89Br2N11O16S. The first-order chi connectivity index (χ1) is 45.6. The maximum Gasteiger partial charge on any atom is 0.305 e. The number of nitrogens with two attached hydrogens (primary N) is 1. The lowest BCUT2D eigenvalue weighted by molar-refractivity contribution is -0.142. The summed E-state index contributed by atoms with van der Waals surface area (Å²) in [7, 11) is 0. The summed E-state index contributed by atoms with van der Waals surface area (Å²) in [6.07, 6.45) is 0.780. The van der Waals surface area contributed by atoms with Gasteiger partial charge in [0.2, 0.25) is 59.1 Å². The van der Waals surface area contributed by atoms with Gasteiger partial charge in [-0.15, -0.1) is 11.8 Å². The maximum absolute atomic E-state index is 14.8. The number of carbonyl (C=O) groups is 13. The van der Waals surface area contributed by atoms with Crippen LogP contribution in [0.5, 0.6) is 0 Å². The normalized spacial score (nSPS) is 17.5.